The van der Waals surface area contributed by atoms with Gasteiger partial charge in [-0.2, -0.15) is 13.2 Å². The summed E-state index contributed by atoms with van der Waals surface area (Å²) in [6.45, 7) is 0. The van der Waals surface area contributed by atoms with Crippen molar-refractivity contribution in [1.29, 1.82) is 0 Å². The lowest BCUT2D eigenvalue weighted by atomic mass is 10.5. The Morgan fingerprint density at radius 1 is 1.16 bits per heavy atom. The lowest BCUT2D eigenvalue weighted by molar-refractivity contribution is -0.145. The number of hydrazine groups is 1. The summed E-state index contributed by atoms with van der Waals surface area (Å²) >= 11 is 1.06. The first-order chi connectivity index (χ1) is 8.99. The van der Waals surface area contributed by atoms with Crippen molar-refractivity contribution in [2.24, 2.45) is 5.84 Å². The molecule has 2 heterocycles. The van der Waals surface area contributed by atoms with E-state index in [0.717, 1.165) is 11.8 Å². The Morgan fingerprint density at radius 2 is 1.84 bits per heavy atom. The van der Waals surface area contributed by atoms with E-state index >= 15 is 0 Å². The van der Waals surface area contributed by atoms with Crippen LogP contribution >= 0.6 is 11.8 Å². The van der Waals surface area contributed by atoms with Crippen LogP contribution in [0, 0.1) is 0 Å². The van der Waals surface area contributed by atoms with Gasteiger partial charge in [-0.25, -0.2) is 15.8 Å². The van der Waals surface area contributed by atoms with Gasteiger partial charge in [0.05, 0.1) is 0 Å². The number of anilines is 1. The number of nitrogen functional groups attached to an aromatic ring is 1. The molecule has 0 saturated heterocycles. The van der Waals surface area contributed by atoms with Crippen molar-refractivity contribution in [3.8, 4) is 0 Å². The maximum Gasteiger partial charge on any atom is 0.451 e. The van der Waals surface area contributed by atoms with E-state index < -0.39 is 12.0 Å². The van der Waals surface area contributed by atoms with E-state index in [1.165, 1.54) is 18.5 Å². The third kappa shape index (κ3) is 3.55. The Hall–Kier alpha value is -1.87. The van der Waals surface area contributed by atoms with E-state index in [1.54, 1.807) is 12.1 Å². The van der Waals surface area contributed by atoms with Crippen LogP contribution in [0.5, 0.6) is 0 Å². The van der Waals surface area contributed by atoms with Crippen LogP contribution in [0.4, 0.5) is 19.0 Å². The molecule has 0 amide bonds. The fourth-order valence-corrected chi connectivity index (χ4v) is 2.01. The number of nitrogens with two attached hydrogens (primary N) is 1. The Kier molecular flexibility index (Phi) is 3.86. The van der Waals surface area contributed by atoms with Crippen LogP contribution in [-0.4, -0.2) is 15.0 Å². The summed E-state index contributed by atoms with van der Waals surface area (Å²) in [4.78, 5) is 11.3. The predicted molar refractivity (Wildman–Crippen MR) is 63.2 cm³/mol. The van der Waals surface area contributed by atoms with Gasteiger partial charge in [-0.1, -0.05) is 11.8 Å². The Morgan fingerprint density at radius 3 is 2.42 bits per heavy atom. The van der Waals surface area contributed by atoms with Gasteiger partial charge in [0.1, 0.15) is 10.8 Å². The van der Waals surface area contributed by atoms with Gasteiger partial charge in [-0.15, -0.1) is 0 Å². The molecule has 0 aliphatic carbocycles. The fourth-order valence-electron chi connectivity index (χ4n) is 1.21. The molecule has 5 nitrogen and oxygen atoms in total. The van der Waals surface area contributed by atoms with Crippen LogP contribution in [0.3, 0.4) is 0 Å². The molecular weight excluding hydrogens is 279 g/mol. The first kappa shape index (κ1) is 13.6. The minimum atomic E-state index is -4.62. The molecule has 19 heavy (non-hydrogen) atoms. The van der Waals surface area contributed by atoms with Crippen molar-refractivity contribution in [1.82, 2.24) is 15.0 Å². The number of pyridine rings is 1. The maximum atomic E-state index is 12.6. The number of rotatable bonds is 3. The monoisotopic (exact) mass is 287 g/mol. The number of hydrogen-bond acceptors (Lipinski definition) is 6. The second kappa shape index (κ2) is 5.41. The largest absolute Gasteiger partial charge is 0.451 e. The molecule has 3 N–H and O–H groups in total. The van der Waals surface area contributed by atoms with Crippen molar-refractivity contribution in [3.05, 3.63) is 36.4 Å². The van der Waals surface area contributed by atoms with Gasteiger partial charge in [0.25, 0.3) is 0 Å². The number of alkyl halides is 3. The number of nitrogens with one attached hydrogen (secondary N) is 1. The molecule has 2 rings (SSSR count). The first-order valence-corrected chi connectivity index (χ1v) is 5.81. The number of nitrogens with zero attached hydrogens (tertiary/aromatic N) is 3. The van der Waals surface area contributed by atoms with Crippen LogP contribution in [-0.2, 0) is 6.18 Å². The number of halogens is 3. The highest BCUT2D eigenvalue weighted by Gasteiger charge is 2.35. The fraction of sp³-hybridized carbons (Fsp3) is 0.100. The van der Waals surface area contributed by atoms with Crippen molar-refractivity contribution >= 4 is 17.6 Å². The third-order valence-corrected chi connectivity index (χ3v) is 2.90. The Bertz CT molecular complexity index is 561. The van der Waals surface area contributed by atoms with Crippen LogP contribution in [0.1, 0.15) is 5.82 Å². The second-order valence-corrected chi connectivity index (χ2v) is 4.44. The summed E-state index contributed by atoms with van der Waals surface area (Å²) in [5.41, 5.74) is 2.09. The summed E-state index contributed by atoms with van der Waals surface area (Å²) < 4.78 is 37.8. The smallest absolute Gasteiger partial charge is 0.308 e. The molecule has 0 atom stereocenters. The Balaban J connectivity index is 2.35. The van der Waals surface area contributed by atoms with Crippen molar-refractivity contribution in [3.63, 3.8) is 0 Å². The van der Waals surface area contributed by atoms with E-state index in [9.17, 15) is 13.2 Å². The third-order valence-electron chi connectivity index (χ3n) is 1.98. The van der Waals surface area contributed by atoms with E-state index in [2.05, 4.69) is 20.4 Å². The van der Waals surface area contributed by atoms with Gasteiger partial charge >= 0.3 is 6.18 Å². The molecule has 0 fully saturated rings. The lowest BCUT2D eigenvalue weighted by Crippen LogP contribution is -2.16. The first-order valence-electron chi connectivity index (χ1n) is 5.00. The summed E-state index contributed by atoms with van der Waals surface area (Å²) in [5.74, 6) is 3.76. The standard InChI is InChI=1S/C10H8F3N5S/c11-10(12,13)9-16-7(18-14)5-8(17-9)19-6-1-3-15-4-2-6/h1-5H,14H2,(H,16,17,18). The minimum absolute atomic E-state index is 0.0983. The molecule has 0 unspecified atom stereocenters. The highest BCUT2D eigenvalue weighted by molar-refractivity contribution is 7.99. The molecule has 0 aliphatic rings. The highest BCUT2D eigenvalue weighted by Crippen LogP contribution is 2.31. The van der Waals surface area contributed by atoms with Gasteiger partial charge in [0, 0.05) is 23.4 Å². The van der Waals surface area contributed by atoms with Gasteiger partial charge in [0.2, 0.25) is 5.82 Å². The molecule has 0 radical (unpaired) electrons. The molecular formula is C10H8F3N5S. The van der Waals surface area contributed by atoms with Crippen LogP contribution < -0.4 is 11.3 Å². The zero-order valence-corrected chi connectivity index (χ0v) is 10.2. The molecule has 0 bridgehead atoms. The molecule has 0 aliphatic heterocycles. The molecule has 9 heteroatoms. The van der Waals surface area contributed by atoms with Gasteiger partial charge < -0.3 is 5.43 Å². The normalized spacial score (nSPS) is 11.4. The zero-order chi connectivity index (χ0) is 13.9. The van der Waals surface area contributed by atoms with Gasteiger partial charge in [-0.05, 0) is 12.1 Å². The summed E-state index contributed by atoms with van der Waals surface area (Å²) in [6, 6.07) is 4.66. The van der Waals surface area contributed by atoms with Gasteiger partial charge in [0.15, 0.2) is 0 Å². The quantitative estimate of drug-likeness (QED) is 0.512. The molecule has 2 aromatic rings. The van der Waals surface area contributed by atoms with E-state index in [0.29, 0.717) is 4.90 Å². The topological polar surface area (TPSA) is 76.7 Å². The molecule has 2 aromatic heterocycles. The van der Waals surface area contributed by atoms with Crippen LogP contribution in [0.15, 0.2) is 40.5 Å². The maximum absolute atomic E-state index is 12.6. The minimum Gasteiger partial charge on any atom is -0.308 e. The lowest BCUT2D eigenvalue weighted by Gasteiger charge is -2.09. The predicted octanol–water partition coefficient (Wildman–Crippen LogP) is 2.33. The van der Waals surface area contributed by atoms with Crippen molar-refractivity contribution < 1.29 is 13.2 Å². The highest BCUT2D eigenvalue weighted by atomic mass is 32.2. The summed E-state index contributed by atoms with van der Waals surface area (Å²) in [5, 5.41) is 0.140. The molecule has 0 spiro atoms. The summed E-state index contributed by atoms with van der Waals surface area (Å²) in [6.07, 6.45) is -1.55. The van der Waals surface area contributed by atoms with Crippen molar-refractivity contribution in [2.45, 2.75) is 16.1 Å². The van der Waals surface area contributed by atoms with E-state index in [-0.39, 0.29) is 10.8 Å². The summed E-state index contributed by atoms with van der Waals surface area (Å²) in [7, 11) is 0. The van der Waals surface area contributed by atoms with E-state index in [4.69, 9.17) is 5.84 Å². The van der Waals surface area contributed by atoms with Crippen molar-refractivity contribution in [2.75, 3.05) is 5.43 Å². The zero-order valence-electron chi connectivity index (χ0n) is 9.35. The van der Waals surface area contributed by atoms with E-state index in [1.807, 2.05) is 0 Å². The SMILES string of the molecule is NNc1cc(Sc2ccncc2)nc(C(F)(F)F)n1. The average Bonchev–Trinajstić information content (AvgIpc) is 2.38. The van der Waals surface area contributed by atoms with Crippen LogP contribution in [0.25, 0.3) is 0 Å². The molecule has 0 aromatic carbocycles. The molecule has 0 saturated carbocycles. The number of aromatic nitrogens is 3. The van der Waals surface area contributed by atoms with Crippen LogP contribution in [0.2, 0.25) is 0 Å². The van der Waals surface area contributed by atoms with Gasteiger partial charge in [-0.3, -0.25) is 4.98 Å². The Labute approximate surface area is 110 Å². The second-order valence-electron chi connectivity index (χ2n) is 3.34. The molecule has 100 valence electrons. The average molecular weight is 287 g/mol. The number of hydrogen-bond donors (Lipinski definition) is 2.